The van der Waals surface area contributed by atoms with Gasteiger partial charge in [0.15, 0.2) is 0 Å². The molecule has 0 aromatic heterocycles. The molecule has 1 saturated heterocycles. The number of hydrogen-bond acceptors (Lipinski definition) is 6. The van der Waals surface area contributed by atoms with Gasteiger partial charge in [-0.2, -0.15) is 0 Å². The SMILES string of the molecule is C/C=C(\C=C(\CC=N)CNCC(=O)N1CCN(c2ccc(F)cc2)CC1)[N+](=O)[O-]. The lowest BCUT2D eigenvalue weighted by molar-refractivity contribution is -0.419. The van der Waals surface area contributed by atoms with E-state index in [1.807, 2.05) is 0 Å². The van der Waals surface area contributed by atoms with E-state index in [-0.39, 0.29) is 30.4 Å². The van der Waals surface area contributed by atoms with Crippen LogP contribution < -0.4 is 10.2 Å². The zero-order valence-corrected chi connectivity index (χ0v) is 16.4. The van der Waals surface area contributed by atoms with Crippen LogP contribution in [0.25, 0.3) is 0 Å². The van der Waals surface area contributed by atoms with Gasteiger partial charge in [-0.05, 0) is 49.1 Å². The van der Waals surface area contributed by atoms with Crippen molar-refractivity contribution in [1.29, 1.82) is 5.41 Å². The van der Waals surface area contributed by atoms with Crippen LogP contribution in [0.15, 0.2) is 47.7 Å². The number of anilines is 1. The van der Waals surface area contributed by atoms with E-state index in [4.69, 9.17) is 5.41 Å². The van der Waals surface area contributed by atoms with Crippen molar-refractivity contribution < 1.29 is 14.1 Å². The van der Waals surface area contributed by atoms with Crippen LogP contribution >= 0.6 is 0 Å². The maximum atomic E-state index is 13.0. The fourth-order valence-electron chi connectivity index (χ4n) is 3.07. The highest BCUT2D eigenvalue weighted by molar-refractivity contribution is 5.78. The van der Waals surface area contributed by atoms with Gasteiger partial charge in [0, 0.05) is 50.9 Å². The Hall–Kier alpha value is -3.07. The third kappa shape index (κ3) is 6.79. The first-order chi connectivity index (χ1) is 13.9. The molecule has 156 valence electrons. The minimum absolute atomic E-state index is 0.0353. The molecule has 0 aliphatic carbocycles. The number of nitrogens with one attached hydrogen (secondary N) is 2. The summed E-state index contributed by atoms with van der Waals surface area (Å²) in [5.74, 6) is -0.316. The molecule has 2 N–H and O–H groups in total. The molecule has 2 rings (SSSR count). The second-order valence-electron chi connectivity index (χ2n) is 6.63. The smallest absolute Gasteiger partial charge is 0.265 e. The van der Waals surface area contributed by atoms with Crippen molar-refractivity contribution in [2.24, 2.45) is 0 Å². The van der Waals surface area contributed by atoms with Crippen molar-refractivity contribution in [2.45, 2.75) is 13.3 Å². The summed E-state index contributed by atoms with van der Waals surface area (Å²) in [6.07, 6.45) is 4.29. The van der Waals surface area contributed by atoms with Gasteiger partial charge < -0.3 is 20.5 Å². The molecule has 1 heterocycles. The second kappa shape index (κ2) is 11.1. The van der Waals surface area contributed by atoms with Crippen LogP contribution in [0.1, 0.15) is 13.3 Å². The molecule has 0 unspecified atom stereocenters. The van der Waals surface area contributed by atoms with Gasteiger partial charge in [0.25, 0.3) is 5.70 Å². The fraction of sp³-hybridized carbons (Fsp3) is 0.400. The molecule has 0 atom stereocenters. The lowest BCUT2D eigenvalue weighted by atomic mass is 10.1. The first-order valence-electron chi connectivity index (χ1n) is 9.42. The van der Waals surface area contributed by atoms with Crippen molar-refractivity contribution in [2.75, 3.05) is 44.2 Å². The Labute approximate surface area is 169 Å². The van der Waals surface area contributed by atoms with E-state index in [0.29, 0.717) is 38.3 Å². The normalized spacial score (nSPS) is 15.4. The molecule has 0 radical (unpaired) electrons. The van der Waals surface area contributed by atoms with Gasteiger partial charge in [-0.25, -0.2) is 4.39 Å². The van der Waals surface area contributed by atoms with E-state index in [1.54, 1.807) is 24.0 Å². The van der Waals surface area contributed by atoms with Crippen molar-refractivity contribution in [3.05, 3.63) is 63.6 Å². The zero-order valence-electron chi connectivity index (χ0n) is 16.4. The topological polar surface area (TPSA) is 103 Å². The van der Waals surface area contributed by atoms with Crippen LogP contribution in [0.4, 0.5) is 10.1 Å². The van der Waals surface area contributed by atoms with Gasteiger partial charge in [-0.1, -0.05) is 0 Å². The van der Waals surface area contributed by atoms with Crippen LogP contribution in [0, 0.1) is 21.3 Å². The summed E-state index contributed by atoms with van der Waals surface area (Å²) in [5.41, 5.74) is 1.56. The third-order valence-corrected chi connectivity index (χ3v) is 4.68. The summed E-state index contributed by atoms with van der Waals surface area (Å²) in [7, 11) is 0. The summed E-state index contributed by atoms with van der Waals surface area (Å²) in [6, 6.07) is 6.31. The van der Waals surface area contributed by atoms with Crippen molar-refractivity contribution in [1.82, 2.24) is 10.2 Å². The van der Waals surface area contributed by atoms with Crippen LogP contribution in [0.2, 0.25) is 0 Å². The molecule has 1 fully saturated rings. The molecular weight excluding hydrogens is 377 g/mol. The number of hydrogen-bond donors (Lipinski definition) is 2. The van der Waals surface area contributed by atoms with Crippen molar-refractivity contribution >= 4 is 17.8 Å². The highest BCUT2D eigenvalue weighted by Gasteiger charge is 2.21. The van der Waals surface area contributed by atoms with E-state index in [2.05, 4.69) is 10.2 Å². The number of nitro groups is 1. The Balaban J connectivity index is 1.81. The Morgan fingerprint density at radius 2 is 1.90 bits per heavy atom. The Morgan fingerprint density at radius 3 is 2.45 bits per heavy atom. The lowest BCUT2D eigenvalue weighted by Crippen LogP contribution is -2.51. The van der Waals surface area contributed by atoms with Crippen LogP contribution in [-0.2, 0) is 4.79 Å². The minimum Gasteiger partial charge on any atom is -0.368 e. The van der Waals surface area contributed by atoms with E-state index in [1.165, 1.54) is 30.5 Å². The van der Waals surface area contributed by atoms with Crippen LogP contribution in [0.5, 0.6) is 0 Å². The van der Waals surface area contributed by atoms with Gasteiger partial charge in [0.1, 0.15) is 5.82 Å². The van der Waals surface area contributed by atoms with E-state index in [0.717, 1.165) is 5.69 Å². The second-order valence-corrected chi connectivity index (χ2v) is 6.63. The summed E-state index contributed by atoms with van der Waals surface area (Å²) in [6.45, 7) is 4.49. The number of carbonyl (C=O) groups excluding carboxylic acids is 1. The Morgan fingerprint density at radius 1 is 1.24 bits per heavy atom. The highest BCUT2D eigenvalue weighted by Crippen LogP contribution is 2.17. The van der Waals surface area contributed by atoms with Gasteiger partial charge in [0.05, 0.1) is 11.5 Å². The number of benzene rings is 1. The molecule has 8 nitrogen and oxygen atoms in total. The monoisotopic (exact) mass is 403 g/mol. The molecule has 1 aliphatic heterocycles. The van der Waals surface area contributed by atoms with E-state index >= 15 is 0 Å². The molecule has 9 heteroatoms. The molecular formula is C20H26FN5O3. The Bertz CT molecular complexity index is 784. The predicted octanol–water partition coefficient (Wildman–Crippen LogP) is 2.21. The number of rotatable bonds is 9. The zero-order chi connectivity index (χ0) is 21.2. The predicted molar refractivity (Wildman–Crippen MR) is 110 cm³/mol. The Kier molecular flexibility index (Phi) is 8.47. The first kappa shape index (κ1) is 22.2. The lowest BCUT2D eigenvalue weighted by Gasteiger charge is -2.36. The molecule has 1 amide bonds. The fourth-order valence-corrected chi connectivity index (χ4v) is 3.07. The maximum absolute atomic E-state index is 13.0. The molecule has 1 aromatic carbocycles. The van der Waals surface area contributed by atoms with Crippen molar-refractivity contribution in [3.63, 3.8) is 0 Å². The third-order valence-electron chi connectivity index (χ3n) is 4.68. The number of amides is 1. The maximum Gasteiger partial charge on any atom is 0.265 e. The quantitative estimate of drug-likeness (QED) is 0.285. The van der Waals surface area contributed by atoms with Gasteiger partial charge >= 0.3 is 0 Å². The summed E-state index contributed by atoms with van der Waals surface area (Å²) in [5, 5.41) is 21.2. The summed E-state index contributed by atoms with van der Waals surface area (Å²) < 4.78 is 13.0. The summed E-state index contributed by atoms with van der Waals surface area (Å²) in [4.78, 5) is 26.8. The molecule has 29 heavy (non-hydrogen) atoms. The number of halogens is 1. The van der Waals surface area contributed by atoms with Crippen molar-refractivity contribution in [3.8, 4) is 0 Å². The number of allylic oxidation sites excluding steroid dienone is 2. The average Bonchev–Trinajstić information content (AvgIpc) is 2.72. The van der Waals surface area contributed by atoms with Crippen LogP contribution in [0.3, 0.4) is 0 Å². The van der Waals surface area contributed by atoms with E-state index in [9.17, 15) is 19.3 Å². The van der Waals surface area contributed by atoms with E-state index < -0.39 is 4.92 Å². The largest absolute Gasteiger partial charge is 0.368 e. The molecule has 0 spiro atoms. The highest BCUT2D eigenvalue weighted by atomic mass is 19.1. The summed E-state index contributed by atoms with van der Waals surface area (Å²) >= 11 is 0. The number of carbonyl (C=O) groups is 1. The molecule has 1 aromatic rings. The minimum atomic E-state index is -0.476. The molecule has 1 aliphatic rings. The number of piperazine rings is 1. The molecule has 0 saturated carbocycles. The molecule has 0 bridgehead atoms. The van der Waals surface area contributed by atoms with Gasteiger partial charge in [0.2, 0.25) is 5.91 Å². The van der Waals surface area contributed by atoms with Crippen LogP contribution in [-0.4, -0.2) is 61.2 Å². The first-order valence-corrected chi connectivity index (χ1v) is 9.42. The average molecular weight is 403 g/mol. The van der Waals surface area contributed by atoms with Gasteiger partial charge in [-0.15, -0.1) is 0 Å². The van der Waals surface area contributed by atoms with Gasteiger partial charge in [-0.3, -0.25) is 14.9 Å². The standard InChI is InChI=1S/C20H26FN5O3/c1-2-18(26(28)29)13-16(7-8-22)14-23-15-20(27)25-11-9-24(10-12-25)19-5-3-17(21)4-6-19/h2-6,8,13,22-23H,7,9-12,14-15H2,1H3/b16-13-,18-2+,22-8?. The number of nitrogens with zero attached hydrogens (tertiary/aromatic N) is 3.